The van der Waals surface area contributed by atoms with Crippen LogP contribution in [0.25, 0.3) is 0 Å². The van der Waals surface area contributed by atoms with E-state index in [0.717, 1.165) is 0 Å². The van der Waals surface area contributed by atoms with Crippen LogP contribution in [0.4, 0.5) is 0 Å². The largest absolute Gasteiger partial charge is 0.171 e. The quantitative estimate of drug-likeness (QED) is 0.711. The minimum absolute atomic E-state index is 0.234. The van der Waals surface area contributed by atoms with E-state index in [1.54, 1.807) is 6.20 Å². The molecule has 1 unspecified atom stereocenters. The Balaban J connectivity index is 3.09. The van der Waals surface area contributed by atoms with Crippen LogP contribution < -0.4 is 0 Å². The van der Waals surface area contributed by atoms with Crippen molar-refractivity contribution in [1.29, 1.82) is 0 Å². The Hall–Kier alpha value is -0.570. The van der Waals surface area contributed by atoms with E-state index in [9.17, 15) is 0 Å². The first-order valence-corrected chi connectivity index (χ1v) is 4.63. The fourth-order valence-electron chi connectivity index (χ4n) is 1.17. The van der Waals surface area contributed by atoms with Gasteiger partial charge in [-0.05, 0) is 24.0 Å². The fourth-order valence-corrected chi connectivity index (χ4v) is 1.39. The molecule has 3 heteroatoms. The van der Waals surface area contributed by atoms with E-state index in [2.05, 4.69) is 36.7 Å². The topological polar surface area (TPSA) is 25.8 Å². The number of thiol groups is 1. The highest BCUT2D eigenvalue weighted by Crippen LogP contribution is 2.26. The second-order valence-electron chi connectivity index (χ2n) is 3.23. The lowest BCUT2D eigenvalue weighted by Crippen LogP contribution is -1.99. The minimum atomic E-state index is 0.234. The third-order valence-corrected chi connectivity index (χ3v) is 2.14. The molecular formula is C9H14N2S. The SMILES string of the molecule is CC(C)c1cnncc1C(C)S. The number of hydrogen-bond donors (Lipinski definition) is 1. The van der Waals surface area contributed by atoms with Gasteiger partial charge in [-0.15, -0.1) is 0 Å². The molecule has 1 atom stereocenters. The first-order chi connectivity index (χ1) is 5.63. The van der Waals surface area contributed by atoms with Gasteiger partial charge in [-0.2, -0.15) is 22.8 Å². The molecule has 0 aromatic carbocycles. The molecule has 1 rings (SSSR count). The maximum absolute atomic E-state index is 4.38. The maximum Gasteiger partial charge on any atom is 0.0542 e. The average Bonchev–Trinajstić information content (AvgIpc) is 2.04. The molecule has 0 saturated carbocycles. The van der Waals surface area contributed by atoms with Crippen LogP contribution in [0.5, 0.6) is 0 Å². The van der Waals surface area contributed by atoms with Crippen molar-refractivity contribution in [2.24, 2.45) is 0 Å². The van der Waals surface area contributed by atoms with Crippen molar-refractivity contribution in [3.05, 3.63) is 23.5 Å². The van der Waals surface area contributed by atoms with Crippen LogP contribution in [0.1, 0.15) is 43.1 Å². The molecule has 0 amide bonds. The first kappa shape index (κ1) is 9.52. The number of nitrogens with zero attached hydrogens (tertiary/aromatic N) is 2. The number of rotatable bonds is 2. The first-order valence-electron chi connectivity index (χ1n) is 4.11. The molecule has 0 bridgehead atoms. The van der Waals surface area contributed by atoms with Gasteiger partial charge in [0.15, 0.2) is 0 Å². The van der Waals surface area contributed by atoms with E-state index in [1.165, 1.54) is 11.1 Å². The van der Waals surface area contributed by atoms with E-state index in [1.807, 2.05) is 13.1 Å². The summed E-state index contributed by atoms with van der Waals surface area (Å²) < 4.78 is 0. The summed E-state index contributed by atoms with van der Waals surface area (Å²) in [7, 11) is 0. The van der Waals surface area contributed by atoms with Crippen molar-refractivity contribution >= 4 is 12.6 Å². The molecule has 0 saturated heterocycles. The molecule has 1 aromatic heterocycles. The van der Waals surface area contributed by atoms with Gasteiger partial charge in [0.2, 0.25) is 0 Å². The normalized spacial score (nSPS) is 13.4. The molecule has 0 radical (unpaired) electrons. The highest BCUT2D eigenvalue weighted by Gasteiger charge is 2.09. The minimum Gasteiger partial charge on any atom is -0.171 e. The summed E-state index contributed by atoms with van der Waals surface area (Å²) in [6.45, 7) is 6.35. The third kappa shape index (κ3) is 1.97. The van der Waals surface area contributed by atoms with Crippen molar-refractivity contribution < 1.29 is 0 Å². The van der Waals surface area contributed by atoms with Gasteiger partial charge < -0.3 is 0 Å². The summed E-state index contributed by atoms with van der Waals surface area (Å²) in [5, 5.41) is 7.95. The zero-order valence-electron chi connectivity index (χ0n) is 7.65. The van der Waals surface area contributed by atoms with E-state index in [-0.39, 0.29) is 5.25 Å². The van der Waals surface area contributed by atoms with Gasteiger partial charge in [0.25, 0.3) is 0 Å². The van der Waals surface area contributed by atoms with Gasteiger partial charge in [-0.1, -0.05) is 13.8 Å². The second kappa shape index (κ2) is 3.90. The monoisotopic (exact) mass is 182 g/mol. The van der Waals surface area contributed by atoms with Gasteiger partial charge in [0.1, 0.15) is 0 Å². The Morgan fingerprint density at radius 1 is 1.08 bits per heavy atom. The Bertz CT molecular complexity index is 231. The van der Waals surface area contributed by atoms with E-state index >= 15 is 0 Å². The standard InChI is InChI=1S/C9H14N2S/c1-6(2)8-4-10-11-5-9(8)7(3)12/h4-7,12H,1-3H3. The lowest BCUT2D eigenvalue weighted by Gasteiger charge is -2.12. The molecule has 1 aromatic rings. The highest BCUT2D eigenvalue weighted by atomic mass is 32.1. The predicted octanol–water partition coefficient (Wildman–Crippen LogP) is 2.59. The third-order valence-electron chi connectivity index (χ3n) is 1.87. The van der Waals surface area contributed by atoms with Crippen LogP contribution in [0.2, 0.25) is 0 Å². The van der Waals surface area contributed by atoms with E-state index < -0.39 is 0 Å². The Morgan fingerprint density at radius 3 is 1.92 bits per heavy atom. The van der Waals surface area contributed by atoms with Gasteiger partial charge in [-0.3, -0.25) is 0 Å². The summed E-state index contributed by atoms with van der Waals surface area (Å²) in [6.07, 6.45) is 3.62. The zero-order valence-corrected chi connectivity index (χ0v) is 8.55. The summed E-state index contributed by atoms with van der Waals surface area (Å²) >= 11 is 4.38. The Labute approximate surface area is 78.8 Å². The van der Waals surface area contributed by atoms with Crippen molar-refractivity contribution in [1.82, 2.24) is 10.2 Å². The zero-order chi connectivity index (χ0) is 9.14. The molecule has 0 aliphatic carbocycles. The molecule has 0 fully saturated rings. The number of hydrogen-bond acceptors (Lipinski definition) is 3. The second-order valence-corrected chi connectivity index (χ2v) is 4.01. The van der Waals surface area contributed by atoms with Crippen molar-refractivity contribution in [3.63, 3.8) is 0 Å². The molecule has 0 spiro atoms. The van der Waals surface area contributed by atoms with Gasteiger partial charge in [0.05, 0.1) is 12.4 Å². The predicted molar refractivity (Wildman–Crippen MR) is 53.5 cm³/mol. The lowest BCUT2D eigenvalue weighted by atomic mass is 9.99. The number of aromatic nitrogens is 2. The van der Waals surface area contributed by atoms with Crippen LogP contribution in [-0.2, 0) is 0 Å². The van der Waals surface area contributed by atoms with Crippen LogP contribution in [0, 0.1) is 0 Å². The molecule has 1 heterocycles. The van der Waals surface area contributed by atoms with Crippen LogP contribution in [0.15, 0.2) is 12.4 Å². The van der Waals surface area contributed by atoms with Gasteiger partial charge >= 0.3 is 0 Å². The molecule has 12 heavy (non-hydrogen) atoms. The Kier molecular flexibility index (Phi) is 3.09. The van der Waals surface area contributed by atoms with E-state index in [0.29, 0.717) is 5.92 Å². The summed E-state index contributed by atoms with van der Waals surface area (Å²) in [5.41, 5.74) is 2.43. The van der Waals surface area contributed by atoms with E-state index in [4.69, 9.17) is 0 Å². The fraction of sp³-hybridized carbons (Fsp3) is 0.556. The van der Waals surface area contributed by atoms with Gasteiger partial charge in [0, 0.05) is 5.25 Å². The van der Waals surface area contributed by atoms with Crippen molar-refractivity contribution in [2.75, 3.05) is 0 Å². The lowest BCUT2D eigenvalue weighted by molar-refractivity contribution is 0.811. The summed E-state index contributed by atoms with van der Waals surface area (Å²) in [4.78, 5) is 0. The molecule has 2 nitrogen and oxygen atoms in total. The summed E-state index contributed by atoms with van der Waals surface area (Å²) in [5.74, 6) is 0.491. The van der Waals surface area contributed by atoms with Crippen molar-refractivity contribution in [2.45, 2.75) is 31.9 Å². The smallest absolute Gasteiger partial charge is 0.0542 e. The maximum atomic E-state index is 4.38. The molecule has 0 N–H and O–H groups in total. The van der Waals surface area contributed by atoms with Crippen LogP contribution >= 0.6 is 12.6 Å². The van der Waals surface area contributed by atoms with Crippen LogP contribution in [-0.4, -0.2) is 10.2 Å². The summed E-state index contributed by atoms with van der Waals surface area (Å²) in [6, 6.07) is 0. The molecule has 0 aliphatic rings. The van der Waals surface area contributed by atoms with Crippen molar-refractivity contribution in [3.8, 4) is 0 Å². The average molecular weight is 182 g/mol. The Morgan fingerprint density at radius 2 is 1.58 bits per heavy atom. The van der Waals surface area contributed by atoms with Gasteiger partial charge in [-0.25, -0.2) is 0 Å². The highest BCUT2D eigenvalue weighted by molar-refractivity contribution is 7.80. The molecule has 66 valence electrons. The van der Waals surface area contributed by atoms with Crippen LogP contribution in [0.3, 0.4) is 0 Å². The molecular weight excluding hydrogens is 168 g/mol. The molecule has 0 aliphatic heterocycles.